The third kappa shape index (κ3) is 3.78. The summed E-state index contributed by atoms with van der Waals surface area (Å²) in [6.45, 7) is 5.66. The number of carbonyl (C=O) groups is 2. The Hall–Kier alpha value is -2.10. The number of nitrogens with two attached hydrogens (primary N) is 1. The van der Waals surface area contributed by atoms with E-state index in [0.717, 1.165) is 28.5 Å². The van der Waals surface area contributed by atoms with Crippen molar-refractivity contribution in [3.05, 3.63) is 34.2 Å². The summed E-state index contributed by atoms with van der Waals surface area (Å²) in [5.74, 6) is -0.242. The second-order valence-corrected chi connectivity index (χ2v) is 7.33. The van der Waals surface area contributed by atoms with E-state index in [2.05, 4.69) is 44.5 Å². The minimum atomic E-state index is -0.514. The van der Waals surface area contributed by atoms with E-state index >= 15 is 0 Å². The van der Waals surface area contributed by atoms with Crippen LogP contribution in [-0.4, -0.2) is 46.3 Å². The van der Waals surface area contributed by atoms with Crippen molar-refractivity contribution in [3.8, 4) is 0 Å². The number of aromatic nitrogens is 2. The van der Waals surface area contributed by atoms with Crippen LogP contribution in [0.2, 0.25) is 0 Å². The van der Waals surface area contributed by atoms with Crippen molar-refractivity contribution in [1.29, 1.82) is 0 Å². The van der Waals surface area contributed by atoms with E-state index < -0.39 is 5.91 Å². The highest BCUT2D eigenvalue weighted by Crippen LogP contribution is 2.28. The summed E-state index contributed by atoms with van der Waals surface area (Å²) in [4.78, 5) is 32.8. The first kappa shape index (κ1) is 17.7. The molecular formula is C17H20IN5O2. The Morgan fingerprint density at radius 3 is 3.08 bits per heavy atom. The molecular weight excluding hydrogens is 433 g/mol. The van der Waals surface area contributed by atoms with E-state index in [1.54, 1.807) is 0 Å². The number of likely N-dealkylation sites (tertiary alicyclic amines) is 1. The fraction of sp³-hybridized carbons (Fsp3) is 0.353. The maximum Gasteiger partial charge on any atom is 0.252 e. The smallest absolute Gasteiger partial charge is 0.252 e. The standard InChI is InChI=1S/C17H20IN5O2/c1-2-14(24)23-5-3-4-10(9-23)7-20-15-11-6-13(18)22-17(11)21-8-12(15)16(19)25/h2,6,8,10H,1,3-5,7,9H2,(H2,19,25)(H2,20,21,22). The second-order valence-electron chi connectivity index (χ2n) is 6.17. The first-order chi connectivity index (χ1) is 12.0. The van der Waals surface area contributed by atoms with Crippen molar-refractivity contribution in [2.75, 3.05) is 25.0 Å². The summed E-state index contributed by atoms with van der Waals surface area (Å²) in [7, 11) is 0. The fourth-order valence-corrected chi connectivity index (χ4v) is 3.79. The van der Waals surface area contributed by atoms with Gasteiger partial charge in [0.2, 0.25) is 5.91 Å². The van der Waals surface area contributed by atoms with E-state index in [1.807, 2.05) is 11.0 Å². The van der Waals surface area contributed by atoms with Gasteiger partial charge in [-0.05, 0) is 53.5 Å². The number of piperidine rings is 1. The largest absolute Gasteiger partial charge is 0.383 e. The van der Waals surface area contributed by atoms with Gasteiger partial charge in [-0.3, -0.25) is 9.59 Å². The van der Waals surface area contributed by atoms with Crippen molar-refractivity contribution >= 4 is 51.1 Å². The van der Waals surface area contributed by atoms with E-state index in [9.17, 15) is 9.59 Å². The van der Waals surface area contributed by atoms with Crippen molar-refractivity contribution < 1.29 is 9.59 Å². The van der Waals surface area contributed by atoms with Gasteiger partial charge in [0.15, 0.2) is 0 Å². The van der Waals surface area contributed by atoms with Crippen LogP contribution >= 0.6 is 22.6 Å². The Bertz CT molecular complexity index is 832. The summed E-state index contributed by atoms with van der Waals surface area (Å²) in [6.07, 6.45) is 4.84. The third-order valence-electron chi connectivity index (χ3n) is 4.46. The van der Waals surface area contributed by atoms with E-state index in [0.29, 0.717) is 35.9 Å². The minimum Gasteiger partial charge on any atom is -0.383 e. The van der Waals surface area contributed by atoms with Crippen molar-refractivity contribution in [2.24, 2.45) is 11.7 Å². The zero-order chi connectivity index (χ0) is 18.0. The maximum absolute atomic E-state index is 11.8. The van der Waals surface area contributed by atoms with Crippen LogP contribution in [-0.2, 0) is 4.79 Å². The molecule has 0 radical (unpaired) electrons. The number of amides is 2. The predicted molar refractivity (Wildman–Crippen MR) is 105 cm³/mol. The predicted octanol–water partition coefficient (Wildman–Crippen LogP) is 2.10. The lowest BCUT2D eigenvalue weighted by atomic mass is 9.97. The molecule has 0 aliphatic carbocycles. The molecule has 25 heavy (non-hydrogen) atoms. The number of nitrogens with one attached hydrogen (secondary N) is 2. The number of aromatic amines is 1. The van der Waals surface area contributed by atoms with Gasteiger partial charge in [-0.25, -0.2) is 4.98 Å². The Morgan fingerprint density at radius 2 is 2.36 bits per heavy atom. The molecule has 8 heteroatoms. The number of hydrogen-bond acceptors (Lipinski definition) is 4. The number of rotatable bonds is 5. The van der Waals surface area contributed by atoms with Gasteiger partial charge < -0.3 is 20.9 Å². The Kier molecular flexibility index (Phi) is 5.26. The molecule has 2 aromatic rings. The van der Waals surface area contributed by atoms with Gasteiger partial charge in [-0.1, -0.05) is 6.58 Å². The Morgan fingerprint density at radius 1 is 1.56 bits per heavy atom. The highest BCUT2D eigenvalue weighted by atomic mass is 127. The molecule has 1 fully saturated rings. The van der Waals surface area contributed by atoms with Crippen LogP contribution in [0.3, 0.4) is 0 Å². The zero-order valence-corrected chi connectivity index (χ0v) is 15.9. The lowest BCUT2D eigenvalue weighted by molar-refractivity contribution is -0.127. The van der Waals surface area contributed by atoms with Gasteiger partial charge in [-0.15, -0.1) is 0 Å². The molecule has 7 nitrogen and oxygen atoms in total. The second kappa shape index (κ2) is 7.42. The van der Waals surface area contributed by atoms with Crippen LogP contribution in [0.1, 0.15) is 23.2 Å². The molecule has 1 unspecified atom stereocenters. The summed E-state index contributed by atoms with van der Waals surface area (Å²) in [5.41, 5.74) is 7.29. The average Bonchev–Trinajstić information content (AvgIpc) is 2.99. The fourth-order valence-electron chi connectivity index (χ4n) is 3.23. The number of primary amides is 1. The third-order valence-corrected chi connectivity index (χ3v) is 5.04. The number of pyridine rings is 1. The molecule has 1 aliphatic rings. The first-order valence-electron chi connectivity index (χ1n) is 8.12. The topological polar surface area (TPSA) is 104 Å². The molecule has 2 amide bonds. The molecule has 0 aromatic carbocycles. The quantitative estimate of drug-likeness (QED) is 0.477. The van der Waals surface area contributed by atoms with Gasteiger partial charge in [-0.2, -0.15) is 0 Å². The van der Waals surface area contributed by atoms with Crippen LogP contribution in [0.5, 0.6) is 0 Å². The number of nitrogens with zero attached hydrogens (tertiary/aromatic N) is 2. The zero-order valence-electron chi connectivity index (χ0n) is 13.7. The van der Waals surface area contributed by atoms with Crippen LogP contribution in [0, 0.1) is 9.62 Å². The van der Waals surface area contributed by atoms with Crippen molar-refractivity contribution in [2.45, 2.75) is 12.8 Å². The number of halogens is 1. The molecule has 3 heterocycles. The van der Waals surface area contributed by atoms with Gasteiger partial charge >= 0.3 is 0 Å². The maximum atomic E-state index is 11.8. The molecule has 0 bridgehead atoms. The number of fused-ring (bicyclic) bond motifs is 1. The van der Waals surface area contributed by atoms with Crippen molar-refractivity contribution in [1.82, 2.24) is 14.9 Å². The molecule has 132 valence electrons. The molecule has 0 spiro atoms. The van der Waals surface area contributed by atoms with Crippen LogP contribution < -0.4 is 11.1 Å². The summed E-state index contributed by atoms with van der Waals surface area (Å²) in [6, 6.07) is 1.94. The number of H-pyrrole nitrogens is 1. The summed E-state index contributed by atoms with van der Waals surface area (Å²) < 4.78 is 0.935. The molecule has 3 rings (SSSR count). The molecule has 1 aliphatic heterocycles. The summed E-state index contributed by atoms with van der Waals surface area (Å²) in [5, 5.41) is 4.21. The van der Waals surface area contributed by atoms with Gasteiger partial charge in [0, 0.05) is 31.2 Å². The lowest BCUT2D eigenvalue weighted by Crippen LogP contribution is -2.41. The monoisotopic (exact) mass is 453 g/mol. The Balaban J connectivity index is 1.80. The molecule has 2 aromatic heterocycles. The molecule has 4 N–H and O–H groups in total. The lowest BCUT2D eigenvalue weighted by Gasteiger charge is -2.32. The van der Waals surface area contributed by atoms with E-state index in [1.165, 1.54) is 12.3 Å². The van der Waals surface area contributed by atoms with Gasteiger partial charge in [0.1, 0.15) is 5.65 Å². The van der Waals surface area contributed by atoms with E-state index in [4.69, 9.17) is 5.73 Å². The summed E-state index contributed by atoms with van der Waals surface area (Å²) >= 11 is 2.17. The normalized spacial score (nSPS) is 17.5. The van der Waals surface area contributed by atoms with Gasteiger partial charge in [0.25, 0.3) is 5.91 Å². The van der Waals surface area contributed by atoms with Crippen molar-refractivity contribution in [3.63, 3.8) is 0 Å². The molecule has 1 saturated heterocycles. The van der Waals surface area contributed by atoms with Crippen LogP contribution in [0.25, 0.3) is 11.0 Å². The van der Waals surface area contributed by atoms with Crippen LogP contribution in [0.15, 0.2) is 24.9 Å². The molecule has 1 atom stereocenters. The number of anilines is 1. The first-order valence-corrected chi connectivity index (χ1v) is 9.19. The van der Waals surface area contributed by atoms with Crippen LogP contribution in [0.4, 0.5) is 5.69 Å². The average molecular weight is 453 g/mol. The molecule has 0 saturated carbocycles. The minimum absolute atomic E-state index is 0.0333. The Labute approximate surface area is 159 Å². The number of carbonyl (C=O) groups excluding carboxylic acids is 2. The highest BCUT2D eigenvalue weighted by molar-refractivity contribution is 14.1. The number of hydrogen-bond donors (Lipinski definition) is 3. The van der Waals surface area contributed by atoms with E-state index in [-0.39, 0.29) is 5.91 Å². The van der Waals surface area contributed by atoms with Gasteiger partial charge in [0.05, 0.1) is 15.0 Å². The highest BCUT2D eigenvalue weighted by Gasteiger charge is 2.23. The SMILES string of the molecule is C=CC(=O)N1CCCC(CNc2c(C(N)=O)cnc3[nH]c(I)cc23)C1.